The summed E-state index contributed by atoms with van der Waals surface area (Å²) >= 11 is 0. The average Bonchev–Trinajstić information content (AvgIpc) is 3.69. The van der Waals surface area contributed by atoms with Crippen LogP contribution in [-0.2, 0) is 20.1 Å². The first-order chi connectivity index (χ1) is 19.0. The van der Waals surface area contributed by atoms with Gasteiger partial charge in [0, 0.05) is 43.3 Å². The molecule has 0 saturated heterocycles. The summed E-state index contributed by atoms with van der Waals surface area (Å²) in [7, 11) is 3.60. The third-order valence-corrected chi connectivity index (χ3v) is 6.56. The highest BCUT2D eigenvalue weighted by Gasteiger charge is 2.23. The van der Waals surface area contributed by atoms with Gasteiger partial charge in [0.05, 0.1) is 25.0 Å². The van der Waals surface area contributed by atoms with E-state index in [9.17, 15) is 0 Å². The largest absolute Gasteiger partial charge is 0.496 e. The average molecular weight is 521 g/mol. The first kappa shape index (κ1) is 24.4. The predicted molar refractivity (Wildman–Crippen MR) is 148 cm³/mol. The van der Waals surface area contributed by atoms with Crippen LogP contribution in [-0.4, -0.2) is 41.8 Å². The van der Waals surface area contributed by atoms with Crippen molar-refractivity contribution in [1.29, 1.82) is 0 Å². The van der Waals surface area contributed by atoms with Crippen molar-refractivity contribution in [2.24, 2.45) is 7.05 Å². The van der Waals surface area contributed by atoms with E-state index in [4.69, 9.17) is 19.3 Å². The lowest BCUT2D eigenvalue weighted by Crippen LogP contribution is -2.23. The Labute approximate surface area is 225 Å². The van der Waals surface area contributed by atoms with Gasteiger partial charge in [-0.25, -0.2) is 9.67 Å². The molecule has 2 aromatic carbocycles. The molecular formula is C29H28N8O2. The molecule has 0 unspecified atom stereocenters. The summed E-state index contributed by atoms with van der Waals surface area (Å²) in [6, 6.07) is 20.2. The molecule has 0 spiro atoms. The lowest BCUT2D eigenvalue weighted by atomic mass is 10.1. The molecule has 6 rings (SSSR count). The molecule has 0 bridgehead atoms. The lowest BCUT2D eigenvalue weighted by molar-refractivity contribution is 0.372. The van der Waals surface area contributed by atoms with E-state index in [0.29, 0.717) is 30.6 Å². The van der Waals surface area contributed by atoms with Crippen molar-refractivity contribution in [2.75, 3.05) is 12.0 Å². The van der Waals surface area contributed by atoms with Crippen LogP contribution in [0, 0.1) is 13.8 Å². The van der Waals surface area contributed by atoms with Crippen molar-refractivity contribution in [3.8, 4) is 22.7 Å². The fourth-order valence-corrected chi connectivity index (χ4v) is 4.84. The zero-order valence-corrected chi connectivity index (χ0v) is 22.2. The van der Waals surface area contributed by atoms with Crippen LogP contribution in [0.4, 0.5) is 5.69 Å². The normalized spacial score (nSPS) is 11.3. The molecule has 0 aliphatic carbocycles. The van der Waals surface area contributed by atoms with Crippen LogP contribution in [0.3, 0.4) is 0 Å². The summed E-state index contributed by atoms with van der Waals surface area (Å²) in [5, 5.41) is 13.3. The van der Waals surface area contributed by atoms with Crippen molar-refractivity contribution in [2.45, 2.75) is 26.9 Å². The number of methoxy groups -OCH3 is 1. The number of pyridine rings is 1. The number of benzene rings is 2. The monoisotopic (exact) mass is 520 g/mol. The number of anilines is 1. The molecule has 39 heavy (non-hydrogen) atoms. The molecular weight excluding hydrogens is 492 g/mol. The number of aromatic nitrogens is 7. The maximum Gasteiger partial charge on any atom is 0.246 e. The second-order valence-corrected chi connectivity index (χ2v) is 9.36. The van der Waals surface area contributed by atoms with Gasteiger partial charge < -0.3 is 14.2 Å². The highest BCUT2D eigenvalue weighted by Crippen LogP contribution is 2.38. The zero-order valence-electron chi connectivity index (χ0n) is 22.2. The van der Waals surface area contributed by atoms with Gasteiger partial charge >= 0.3 is 0 Å². The van der Waals surface area contributed by atoms with E-state index in [0.717, 1.165) is 44.9 Å². The SMILES string of the molecule is COc1cc(-n2cccn2)ccc1-c1nn(C)c2c(N(Cc3ccccc3)Cc3nc(C)no3)cc(C)nc12. The number of ether oxygens (including phenoxy) is 1. The maximum absolute atomic E-state index is 5.81. The molecule has 0 aliphatic heterocycles. The van der Waals surface area contributed by atoms with Crippen LogP contribution in [0.2, 0.25) is 0 Å². The topological polar surface area (TPSA) is 99.9 Å². The van der Waals surface area contributed by atoms with Crippen LogP contribution in [0.1, 0.15) is 23.0 Å². The molecule has 0 aliphatic rings. The Balaban J connectivity index is 1.49. The summed E-state index contributed by atoms with van der Waals surface area (Å²) in [6.45, 7) is 4.90. The van der Waals surface area contributed by atoms with E-state index in [1.807, 2.05) is 74.2 Å². The number of rotatable bonds is 8. The van der Waals surface area contributed by atoms with Gasteiger partial charge in [0.2, 0.25) is 5.89 Å². The van der Waals surface area contributed by atoms with Crippen molar-refractivity contribution in [3.63, 3.8) is 0 Å². The van der Waals surface area contributed by atoms with E-state index in [-0.39, 0.29) is 0 Å². The molecule has 10 heteroatoms. The second kappa shape index (κ2) is 10.1. The van der Waals surface area contributed by atoms with Gasteiger partial charge in [-0.3, -0.25) is 4.68 Å². The summed E-state index contributed by atoms with van der Waals surface area (Å²) in [6.07, 6.45) is 3.64. The molecule has 4 aromatic heterocycles. The van der Waals surface area contributed by atoms with Gasteiger partial charge in [0.1, 0.15) is 22.5 Å². The van der Waals surface area contributed by atoms with E-state index in [1.165, 1.54) is 0 Å². The van der Waals surface area contributed by atoms with Crippen LogP contribution in [0.15, 0.2) is 77.6 Å². The highest BCUT2D eigenvalue weighted by molar-refractivity contribution is 5.98. The summed E-state index contributed by atoms with van der Waals surface area (Å²) in [5.41, 5.74) is 7.20. The smallest absolute Gasteiger partial charge is 0.246 e. The Kier molecular flexibility index (Phi) is 6.28. The third-order valence-electron chi connectivity index (χ3n) is 6.56. The lowest BCUT2D eigenvalue weighted by Gasteiger charge is -2.24. The minimum absolute atomic E-state index is 0.441. The molecule has 196 valence electrons. The van der Waals surface area contributed by atoms with Crippen LogP contribution < -0.4 is 9.64 Å². The number of hydrogen-bond acceptors (Lipinski definition) is 8. The Morgan fingerprint density at radius 3 is 2.54 bits per heavy atom. The Morgan fingerprint density at radius 1 is 0.974 bits per heavy atom. The van der Waals surface area contributed by atoms with Crippen molar-refractivity contribution < 1.29 is 9.26 Å². The van der Waals surface area contributed by atoms with Gasteiger partial charge in [-0.1, -0.05) is 35.5 Å². The van der Waals surface area contributed by atoms with Crippen LogP contribution in [0.5, 0.6) is 5.75 Å². The van der Waals surface area contributed by atoms with Gasteiger partial charge in [0.25, 0.3) is 0 Å². The standard InChI is InChI=1S/C29H28N8O2/c1-19-15-24(36(17-21-9-6-5-7-10-21)18-26-32-20(2)34-39-26)29-28(31-19)27(33-35(29)3)23-12-11-22(16-25(23)38-4)37-14-8-13-30-37/h5-16H,17-18H2,1-4H3. The molecule has 4 heterocycles. The van der Waals surface area contributed by atoms with E-state index >= 15 is 0 Å². The fourth-order valence-electron chi connectivity index (χ4n) is 4.84. The fraction of sp³-hybridized carbons (Fsp3) is 0.207. The van der Waals surface area contributed by atoms with Gasteiger partial charge in [-0.15, -0.1) is 0 Å². The number of nitrogens with zero attached hydrogens (tertiary/aromatic N) is 8. The molecule has 0 atom stereocenters. The summed E-state index contributed by atoms with van der Waals surface area (Å²) < 4.78 is 15.0. The Hall–Kier alpha value is -4.99. The minimum atomic E-state index is 0.441. The van der Waals surface area contributed by atoms with Gasteiger partial charge in [-0.2, -0.15) is 15.2 Å². The summed E-state index contributed by atoms with van der Waals surface area (Å²) in [5.74, 6) is 1.84. The van der Waals surface area contributed by atoms with E-state index < -0.39 is 0 Å². The van der Waals surface area contributed by atoms with E-state index in [2.05, 4.69) is 38.3 Å². The Bertz CT molecular complexity index is 1740. The first-order valence-corrected chi connectivity index (χ1v) is 12.6. The number of fused-ring (bicyclic) bond motifs is 1. The predicted octanol–water partition coefficient (Wildman–Crippen LogP) is 5.04. The minimum Gasteiger partial charge on any atom is -0.496 e. The Morgan fingerprint density at radius 2 is 1.82 bits per heavy atom. The van der Waals surface area contributed by atoms with Crippen molar-refractivity contribution in [3.05, 3.63) is 96.0 Å². The summed E-state index contributed by atoms with van der Waals surface area (Å²) in [4.78, 5) is 11.6. The van der Waals surface area contributed by atoms with Crippen molar-refractivity contribution in [1.82, 2.24) is 34.7 Å². The quantitative estimate of drug-likeness (QED) is 0.275. The number of aryl methyl sites for hydroxylation is 3. The highest BCUT2D eigenvalue weighted by atomic mass is 16.5. The zero-order chi connectivity index (χ0) is 26.9. The molecule has 0 radical (unpaired) electrons. The maximum atomic E-state index is 5.81. The van der Waals surface area contributed by atoms with Gasteiger partial charge in [-0.05, 0) is 43.7 Å². The molecule has 0 amide bonds. The molecule has 0 N–H and O–H groups in total. The number of hydrogen-bond donors (Lipinski definition) is 0. The van der Waals surface area contributed by atoms with Crippen LogP contribution in [0.25, 0.3) is 28.0 Å². The molecule has 6 aromatic rings. The van der Waals surface area contributed by atoms with Gasteiger partial charge in [0.15, 0.2) is 5.82 Å². The third kappa shape index (κ3) is 4.72. The molecule has 0 saturated carbocycles. The van der Waals surface area contributed by atoms with Crippen molar-refractivity contribution >= 4 is 16.7 Å². The first-order valence-electron chi connectivity index (χ1n) is 12.6. The van der Waals surface area contributed by atoms with Crippen LogP contribution >= 0.6 is 0 Å². The van der Waals surface area contributed by atoms with E-state index in [1.54, 1.807) is 18.0 Å². The molecule has 0 fully saturated rings. The second-order valence-electron chi connectivity index (χ2n) is 9.36. The molecule has 10 nitrogen and oxygen atoms in total.